The highest BCUT2D eigenvalue weighted by Crippen LogP contribution is 2.44. The summed E-state index contributed by atoms with van der Waals surface area (Å²) in [5.74, 6) is 0.0783. The van der Waals surface area contributed by atoms with Crippen LogP contribution in [0.25, 0.3) is 11.1 Å². The van der Waals surface area contributed by atoms with Crippen molar-refractivity contribution >= 4 is 6.09 Å². The monoisotopic (exact) mass is 399 g/mol. The summed E-state index contributed by atoms with van der Waals surface area (Å²) in [5.41, 5.74) is 4.87. The van der Waals surface area contributed by atoms with Crippen LogP contribution in [0.4, 0.5) is 4.79 Å². The van der Waals surface area contributed by atoms with Crippen molar-refractivity contribution in [1.29, 1.82) is 0 Å². The highest BCUT2D eigenvalue weighted by Gasteiger charge is 2.28. The van der Waals surface area contributed by atoms with Gasteiger partial charge in [0.05, 0.1) is 26.4 Å². The Morgan fingerprint density at radius 2 is 1.45 bits per heavy atom. The van der Waals surface area contributed by atoms with Gasteiger partial charge in [0.1, 0.15) is 6.61 Å². The fourth-order valence-electron chi connectivity index (χ4n) is 3.48. The molecule has 1 N–H and O–H groups in total. The average molecular weight is 399 g/mol. The molecule has 0 heterocycles. The van der Waals surface area contributed by atoms with E-state index in [4.69, 9.17) is 18.9 Å². The molecular formula is C23H29NO5. The van der Waals surface area contributed by atoms with Crippen LogP contribution in [-0.4, -0.2) is 59.4 Å². The summed E-state index contributed by atoms with van der Waals surface area (Å²) in [4.78, 5) is 12.1. The number of ether oxygens (including phenoxy) is 4. The van der Waals surface area contributed by atoms with Crippen molar-refractivity contribution < 1.29 is 23.7 Å². The molecule has 0 saturated carbocycles. The minimum absolute atomic E-state index is 0.0783. The molecule has 0 spiro atoms. The van der Waals surface area contributed by atoms with Crippen molar-refractivity contribution in [3.05, 3.63) is 59.7 Å². The van der Waals surface area contributed by atoms with Gasteiger partial charge in [-0.25, -0.2) is 4.79 Å². The second-order valence-electron chi connectivity index (χ2n) is 6.82. The molecule has 156 valence electrons. The maximum absolute atomic E-state index is 12.1. The van der Waals surface area contributed by atoms with Crippen molar-refractivity contribution in [2.75, 3.05) is 53.3 Å². The fraction of sp³-hybridized carbons (Fsp3) is 0.435. The lowest BCUT2D eigenvalue weighted by atomic mass is 9.98. The maximum atomic E-state index is 12.1. The number of carbonyl (C=O) groups is 1. The third kappa shape index (κ3) is 6.03. The van der Waals surface area contributed by atoms with E-state index in [-0.39, 0.29) is 5.92 Å². The van der Waals surface area contributed by atoms with E-state index in [1.807, 2.05) is 24.3 Å². The van der Waals surface area contributed by atoms with Crippen molar-refractivity contribution in [1.82, 2.24) is 5.32 Å². The molecule has 0 fully saturated rings. The van der Waals surface area contributed by atoms with Gasteiger partial charge >= 0.3 is 6.09 Å². The van der Waals surface area contributed by atoms with E-state index in [0.717, 1.165) is 6.42 Å². The molecule has 0 aliphatic heterocycles. The largest absolute Gasteiger partial charge is 0.449 e. The molecule has 2 aromatic rings. The SMILES string of the molecule is COCCOCCOCCCNC(=O)OCC1c2ccccc2-c2ccccc21. The Bertz CT molecular complexity index is 734. The van der Waals surface area contributed by atoms with Crippen LogP contribution in [-0.2, 0) is 18.9 Å². The Balaban J connectivity index is 1.33. The lowest BCUT2D eigenvalue weighted by Crippen LogP contribution is -2.27. The summed E-state index contributed by atoms with van der Waals surface area (Å²) in [7, 11) is 1.64. The van der Waals surface area contributed by atoms with E-state index in [1.165, 1.54) is 22.3 Å². The lowest BCUT2D eigenvalue weighted by Gasteiger charge is -2.14. The molecular weight excluding hydrogens is 370 g/mol. The second-order valence-corrected chi connectivity index (χ2v) is 6.82. The van der Waals surface area contributed by atoms with Gasteiger partial charge in [0.2, 0.25) is 0 Å². The number of carbonyl (C=O) groups excluding carboxylic acids is 1. The molecule has 3 rings (SSSR count). The van der Waals surface area contributed by atoms with Crippen LogP contribution in [0.2, 0.25) is 0 Å². The molecule has 6 heteroatoms. The minimum Gasteiger partial charge on any atom is -0.449 e. The van der Waals surface area contributed by atoms with Crippen LogP contribution in [0.15, 0.2) is 48.5 Å². The zero-order chi connectivity index (χ0) is 20.3. The summed E-state index contributed by atoms with van der Waals surface area (Å²) >= 11 is 0. The van der Waals surface area contributed by atoms with Crippen LogP contribution in [0.1, 0.15) is 23.5 Å². The van der Waals surface area contributed by atoms with Crippen molar-refractivity contribution in [2.24, 2.45) is 0 Å². The van der Waals surface area contributed by atoms with Crippen LogP contribution < -0.4 is 5.32 Å². The van der Waals surface area contributed by atoms with Gasteiger partial charge in [0, 0.05) is 26.2 Å². The first-order chi connectivity index (χ1) is 14.3. The summed E-state index contributed by atoms with van der Waals surface area (Å²) in [5, 5.41) is 2.78. The van der Waals surface area contributed by atoms with Crippen LogP contribution >= 0.6 is 0 Å². The maximum Gasteiger partial charge on any atom is 0.407 e. The van der Waals surface area contributed by atoms with Gasteiger partial charge in [-0.3, -0.25) is 0 Å². The highest BCUT2D eigenvalue weighted by molar-refractivity contribution is 5.79. The van der Waals surface area contributed by atoms with Gasteiger partial charge < -0.3 is 24.3 Å². The number of hydrogen-bond donors (Lipinski definition) is 1. The molecule has 1 aliphatic carbocycles. The number of rotatable bonds is 12. The number of nitrogens with one attached hydrogen (secondary N) is 1. The van der Waals surface area contributed by atoms with E-state index in [1.54, 1.807) is 7.11 Å². The predicted octanol–water partition coefficient (Wildman–Crippen LogP) is 3.59. The van der Waals surface area contributed by atoms with Crippen LogP contribution in [0.3, 0.4) is 0 Å². The second kappa shape index (κ2) is 11.6. The topological polar surface area (TPSA) is 66.0 Å². The molecule has 29 heavy (non-hydrogen) atoms. The molecule has 1 aliphatic rings. The Morgan fingerprint density at radius 1 is 0.862 bits per heavy atom. The van der Waals surface area contributed by atoms with E-state index in [0.29, 0.717) is 46.2 Å². The summed E-state index contributed by atoms with van der Waals surface area (Å²) < 4.78 is 21.2. The smallest absolute Gasteiger partial charge is 0.407 e. The zero-order valence-corrected chi connectivity index (χ0v) is 16.9. The molecule has 1 amide bonds. The summed E-state index contributed by atoms with van der Waals surface area (Å²) in [6, 6.07) is 16.6. The third-order valence-corrected chi connectivity index (χ3v) is 4.88. The Kier molecular flexibility index (Phi) is 8.49. The molecule has 0 unspecified atom stereocenters. The van der Waals surface area contributed by atoms with Gasteiger partial charge in [0.15, 0.2) is 0 Å². The molecule has 0 radical (unpaired) electrons. The fourth-order valence-corrected chi connectivity index (χ4v) is 3.48. The van der Waals surface area contributed by atoms with Gasteiger partial charge in [-0.2, -0.15) is 0 Å². The average Bonchev–Trinajstić information content (AvgIpc) is 3.07. The van der Waals surface area contributed by atoms with Gasteiger partial charge in [-0.15, -0.1) is 0 Å². The van der Waals surface area contributed by atoms with Gasteiger partial charge in [-0.1, -0.05) is 48.5 Å². The van der Waals surface area contributed by atoms with E-state index >= 15 is 0 Å². The first-order valence-corrected chi connectivity index (χ1v) is 10.0. The standard InChI is InChI=1S/C23H29NO5/c1-26-13-14-28-16-15-27-12-6-11-24-23(25)29-17-22-20-9-4-2-7-18(20)19-8-3-5-10-21(19)22/h2-5,7-10,22H,6,11-17H2,1H3,(H,24,25). The zero-order valence-electron chi connectivity index (χ0n) is 16.9. The number of benzene rings is 2. The van der Waals surface area contributed by atoms with Crippen molar-refractivity contribution in [3.8, 4) is 11.1 Å². The number of hydrogen-bond acceptors (Lipinski definition) is 5. The number of fused-ring (bicyclic) bond motifs is 3. The Labute approximate surface area is 172 Å². The molecule has 2 aromatic carbocycles. The molecule has 0 saturated heterocycles. The number of methoxy groups -OCH3 is 1. The van der Waals surface area contributed by atoms with E-state index < -0.39 is 6.09 Å². The van der Waals surface area contributed by atoms with Crippen molar-refractivity contribution in [3.63, 3.8) is 0 Å². The first kappa shape index (κ1) is 21.3. The Morgan fingerprint density at radius 3 is 2.10 bits per heavy atom. The normalized spacial score (nSPS) is 12.4. The van der Waals surface area contributed by atoms with Crippen LogP contribution in [0.5, 0.6) is 0 Å². The summed E-state index contributed by atoms with van der Waals surface area (Å²) in [6.07, 6.45) is 0.331. The van der Waals surface area contributed by atoms with Crippen LogP contribution in [0, 0.1) is 0 Å². The number of amides is 1. The highest BCUT2D eigenvalue weighted by atomic mass is 16.6. The molecule has 6 nitrogen and oxygen atoms in total. The summed E-state index contributed by atoms with van der Waals surface area (Å²) in [6.45, 7) is 3.65. The number of alkyl carbamates (subject to hydrolysis) is 1. The first-order valence-electron chi connectivity index (χ1n) is 10.0. The van der Waals surface area contributed by atoms with Crippen molar-refractivity contribution in [2.45, 2.75) is 12.3 Å². The quantitative estimate of drug-likeness (QED) is 0.553. The minimum atomic E-state index is -0.394. The van der Waals surface area contributed by atoms with Gasteiger partial charge in [0.25, 0.3) is 0 Å². The molecule has 0 bridgehead atoms. The lowest BCUT2D eigenvalue weighted by molar-refractivity contribution is 0.0243. The Hall–Kier alpha value is -2.41. The van der Waals surface area contributed by atoms with E-state index in [2.05, 4.69) is 29.6 Å². The third-order valence-electron chi connectivity index (χ3n) is 4.88. The predicted molar refractivity (Wildman–Crippen MR) is 111 cm³/mol. The molecule has 0 atom stereocenters. The van der Waals surface area contributed by atoms with Gasteiger partial charge in [-0.05, 0) is 28.7 Å². The molecule has 0 aromatic heterocycles. The van der Waals surface area contributed by atoms with E-state index in [9.17, 15) is 4.79 Å².